The minimum Gasteiger partial charge on any atom is -0.454 e. The lowest BCUT2D eigenvalue weighted by molar-refractivity contribution is -0.118. The smallest absolute Gasteiger partial charge is 0.248 e. The largest absolute Gasteiger partial charge is 0.454 e. The highest BCUT2D eigenvalue weighted by atomic mass is 32.2. The summed E-state index contributed by atoms with van der Waals surface area (Å²) in [4.78, 5) is 18.4. The van der Waals surface area contributed by atoms with E-state index in [0.29, 0.717) is 23.1 Å². The molecule has 3 aliphatic rings. The highest BCUT2D eigenvalue weighted by molar-refractivity contribution is 8.16. The molecule has 0 unspecified atom stereocenters. The van der Waals surface area contributed by atoms with Crippen LogP contribution in [0.2, 0.25) is 0 Å². The molecule has 0 saturated carbocycles. The maximum atomic E-state index is 12.2. The molecule has 140 valence electrons. The van der Waals surface area contributed by atoms with E-state index in [2.05, 4.69) is 4.99 Å². The fraction of sp³-hybridized carbons (Fsp3) is 0.529. The van der Waals surface area contributed by atoms with Crippen LogP contribution in [0.1, 0.15) is 20.3 Å². The monoisotopic (exact) mass is 396 g/mol. The molecule has 4 rings (SSSR count). The number of fused-ring (bicyclic) bond motifs is 2. The number of amidine groups is 1. The van der Waals surface area contributed by atoms with Gasteiger partial charge in [0.1, 0.15) is 0 Å². The van der Waals surface area contributed by atoms with Gasteiger partial charge in [-0.2, -0.15) is 4.99 Å². The summed E-state index contributed by atoms with van der Waals surface area (Å²) in [5, 5.41) is 0.454. The number of rotatable bonds is 3. The lowest BCUT2D eigenvalue weighted by atomic mass is 10.1. The number of sulfone groups is 1. The van der Waals surface area contributed by atoms with Crippen molar-refractivity contribution >= 4 is 38.4 Å². The summed E-state index contributed by atoms with van der Waals surface area (Å²) < 4.78 is 35.0. The molecule has 9 heteroatoms. The SMILES string of the molecule is CC(C)CC(=O)N=C1S[C@@H]2CS(=O)(=O)C[C@H]2N1c1ccc2c(c1)OCO2. The first kappa shape index (κ1) is 17.7. The molecular formula is C17H20N2O5S2. The molecule has 1 amide bonds. The van der Waals surface area contributed by atoms with Crippen LogP contribution in [0, 0.1) is 5.92 Å². The zero-order valence-corrected chi connectivity index (χ0v) is 16.2. The third kappa shape index (κ3) is 3.29. The molecule has 0 bridgehead atoms. The summed E-state index contributed by atoms with van der Waals surface area (Å²) in [6, 6.07) is 5.24. The Labute approximate surface area is 156 Å². The normalized spacial score (nSPS) is 27.3. The lowest BCUT2D eigenvalue weighted by Gasteiger charge is -2.24. The van der Waals surface area contributed by atoms with Gasteiger partial charge in [0.15, 0.2) is 26.5 Å². The molecule has 0 spiro atoms. The van der Waals surface area contributed by atoms with E-state index >= 15 is 0 Å². The Hall–Kier alpha value is -1.74. The van der Waals surface area contributed by atoms with Gasteiger partial charge < -0.3 is 14.4 Å². The Bertz CT molecular complexity index is 881. The second kappa shape index (κ2) is 6.45. The fourth-order valence-electron chi connectivity index (χ4n) is 3.40. The van der Waals surface area contributed by atoms with Gasteiger partial charge in [-0.15, -0.1) is 0 Å². The Balaban J connectivity index is 1.70. The summed E-state index contributed by atoms with van der Waals surface area (Å²) >= 11 is 1.38. The average Bonchev–Trinajstić information content (AvgIpc) is 3.17. The van der Waals surface area contributed by atoms with Gasteiger partial charge in [0.2, 0.25) is 12.7 Å². The predicted molar refractivity (Wildman–Crippen MR) is 101 cm³/mol. The molecule has 2 fully saturated rings. The summed E-state index contributed by atoms with van der Waals surface area (Å²) in [5.41, 5.74) is 0.766. The first-order valence-electron chi connectivity index (χ1n) is 8.50. The van der Waals surface area contributed by atoms with Crippen molar-refractivity contribution in [2.24, 2.45) is 10.9 Å². The minimum absolute atomic E-state index is 0.0660. The number of amides is 1. The second-order valence-electron chi connectivity index (χ2n) is 7.09. The van der Waals surface area contributed by atoms with Crippen LogP contribution in [0.25, 0.3) is 0 Å². The van der Waals surface area contributed by atoms with E-state index in [-0.39, 0.29) is 41.4 Å². The minimum atomic E-state index is -3.09. The van der Waals surface area contributed by atoms with Crippen molar-refractivity contribution in [3.05, 3.63) is 18.2 Å². The van der Waals surface area contributed by atoms with Crippen molar-refractivity contribution in [2.45, 2.75) is 31.6 Å². The second-order valence-corrected chi connectivity index (χ2v) is 10.5. The van der Waals surface area contributed by atoms with Gasteiger partial charge in [-0.25, -0.2) is 8.42 Å². The molecule has 0 aromatic heterocycles. The molecule has 1 aromatic carbocycles. The highest BCUT2D eigenvalue weighted by Crippen LogP contribution is 2.43. The van der Waals surface area contributed by atoms with Gasteiger partial charge in [0.05, 0.1) is 17.5 Å². The molecule has 0 aliphatic carbocycles. The molecule has 3 aliphatic heterocycles. The molecule has 7 nitrogen and oxygen atoms in total. The topological polar surface area (TPSA) is 85.3 Å². The van der Waals surface area contributed by atoms with Crippen molar-refractivity contribution < 1.29 is 22.7 Å². The van der Waals surface area contributed by atoms with Crippen LogP contribution in [0.15, 0.2) is 23.2 Å². The molecule has 3 heterocycles. The Morgan fingerprint density at radius 2 is 2.08 bits per heavy atom. The van der Waals surface area contributed by atoms with Crippen molar-refractivity contribution in [3.8, 4) is 11.5 Å². The number of benzene rings is 1. The van der Waals surface area contributed by atoms with Crippen LogP contribution < -0.4 is 14.4 Å². The zero-order valence-electron chi connectivity index (χ0n) is 14.5. The van der Waals surface area contributed by atoms with Gasteiger partial charge in [-0.3, -0.25) is 4.79 Å². The molecular weight excluding hydrogens is 376 g/mol. The van der Waals surface area contributed by atoms with Gasteiger partial charge in [-0.05, 0) is 18.1 Å². The van der Waals surface area contributed by atoms with Crippen LogP contribution in [-0.4, -0.2) is 49.1 Å². The van der Waals surface area contributed by atoms with Gasteiger partial charge in [-0.1, -0.05) is 25.6 Å². The third-order valence-corrected chi connectivity index (χ3v) is 7.71. The zero-order chi connectivity index (χ0) is 18.5. The Kier molecular flexibility index (Phi) is 4.38. The van der Waals surface area contributed by atoms with Crippen LogP contribution in [0.5, 0.6) is 11.5 Å². The Morgan fingerprint density at radius 3 is 2.85 bits per heavy atom. The molecule has 1 aromatic rings. The first-order chi connectivity index (χ1) is 12.3. The number of thioether (sulfide) groups is 1. The maximum Gasteiger partial charge on any atom is 0.248 e. The van der Waals surface area contributed by atoms with Crippen LogP contribution in [0.3, 0.4) is 0 Å². The predicted octanol–water partition coefficient (Wildman–Crippen LogP) is 2.06. The number of aliphatic imine (C=N–C) groups is 1. The first-order valence-corrected chi connectivity index (χ1v) is 11.2. The number of carbonyl (C=O) groups is 1. The Morgan fingerprint density at radius 1 is 1.31 bits per heavy atom. The lowest BCUT2D eigenvalue weighted by Crippen LogP contribution is -2.37. The molecule has 0 N–H and O–H groups in total. The van der Waals surface area contributed by atoms with E-state index in [0.717, 1.165) is 5.69 Å². The number of hydrogen-bond acceptors (Lipinski definition) is 6. The van der Waals surface area contributed by atoms with E-state index in [1.807, 2.05) is 30.9 Å². The highest BCUT2D eigenvalue weighted by Gasteiger charge is 2.49. The summed E-state index contributed by atoms with van der Waals surface area (Å²) in [5.74, 6) is 1.49. The maximum absolute atomic E-state index is 12.2. The van der Waals surface area contributed by atoms with Gasteiger partial charge in [0, 0.05) is 23.4 Å². The van der Waals surface area contributed by atoms with Crippen LogP contribution >= 0.6 is 11.8 Å². The van der Waals surface area contributed by atoms with E-state index in [4.69, 9.17) is 9.47 Å². The number of nitrogens with zero attached hydrogens (tertiary/aromatic N) is 2. The molecule has 0 radical (unpaired) electrons. The van der Waals surface area contributed by atoms with Gasteiger partial charge >= 0.3 is 0 Å². The van der Waals surface area contributed by atoms with E-state index in [9.17, 15) is 13.2 Å². The fourth-order valence-corrected chi connectivity index (χ4v) is 7.33. The average molecular weight is 396 g/mol. The van der Waals surface area contributed by atoms with Crippen molar-refractivity contribution in [1.82, 2.24) is 0 Å². The quantitative estimate of drug-likeness (QED) is 0.773. The summed E-state index contributed by atoms with van der Waals surface area (Å²) in [7, 11) is -3.09. The van der Waals surface area contributed by atoms with Crippen LogP contribution in [-0.2, 0) is 14.6 Å². The number of hydrogen-bond donors (Lipinski definition) is 0. The number of anilines is 1. The molecule has 26 heavy (non-hydrogen) atoms. The number of carbonyl (C=O) groups excluding carboxylic acids is 1. The van der Waals surface area contributed by atoms with E-state index < -0.39 is 9.84 Å². The number of ether oxygens (including phenoxy) is 2. The summed E-state index contributed by atoms with van der Waals surface area (Å²) in [6.45, 7) is 4.11. The van der Waals surface area contributed by atoms with Crippen molar-refractivity contribution in [1.29, 1.82) is 0 Å². The van der Waals surface area contributed by atoms with Crippen LogP contribution in [0.4, 0.5) is 5.69 Å². The standard InChI is InChI=1S/C17H20N2O5S2/c1-10(2)5-16(20)18-17-19(12-7-26(21,22)8-15(12)25-17)11-3-4-13-14(6-11)24-9-23-13/h3-4,6,10,12,15H,5,7-9H2,1-2H3/t12-,15-/m1/s1. The van der Waals surface area contributed by atoms with E-state index in [1.54, 1.807) is 6.07 Å². The molecule has 2 saturated heterocycles. The van der Waals surface area contributed by atoms with Gasteiger partial charge in [0.25, 0.3) is 0 Å². The van der Waals surface area contributed by atoms with Crippen molar-refractivity contribution in [2.75, 3.05) is 23.2 Å². The third-order valence-electron chi connectivity index (χ3n) is 4.50. The van der Waals surface area contributed by atoms with Crippen molar-refractivity contribution in [3.63, 3.8) is 0 Å². The van der Waals surface area contributed by atoms with E-state index in [1.165, 1.54) is 11.8 Å². The summed E-state index contributed by atoms with van der Waals surface area (Å²) in [6.07, 6.45) is 0.368. The molecule has 2 atom stereocenters.